The monoisotopic (exact) mass is 258 g/mol. The number of nitrogens with zero attached hydrogens (tertiary/aromatic N) is 1. The van der Waals surface area contributed by atoms with Gasteiger partial charge in [-0.25, -0.2) is 0 Å². The van der Waals surface area contributed by atoms with Crippen LogP contribution in [0.3, 0.4) is 0 Å². The Morgan fingerprint density at radius 3 is 2.86 bits per heavy atom. The maximum absolute atomic E-state index is 6.15. The molecular weight excluding hydrogens is 240 g/mol. The quantitative estimate of drug-likeness (QED) is 0.821. The van der Waals surface area contributed by atoms with Gasteiger partial charge in [0.2, 0.25) is 0 Å². The summed E-state index contributed by atoms with van der Waals surface area (Å²) in [4.78, 5) is 2.48. The number of fused-ring (bicyclic) bond motifs is 1. The fraction of sp³-hybridized carbons (Fsp3) is 0.818. The Morgan fingerprint density at radius 1 is 1.43 bits per heavy atom. The highest BCUT2D eigenvalue weighted by molar-refractivity contribution is 9.11. The Morgan fingerprint density at radius 2 is 2.21 bits per heavy atom. The highest BCUT2D eigenvalue weighted by Crippen LogP contribution is 2.35. The van der Waals surface area contributed by atoms with Crippen LogP contribution in [0.1, 0.15) is 19.3 Å². The van der Waals surface area contributed by atoms with E-state index in [0.29, 0.717) is 6.04 Å². The summed E-state index contributed by atoms with van der Waals surface area (Å²) in [6.07, 6.45) is 3.93. The van der Waals surface area contributed by atoms with E-state index >= 15 is 0 Å². The van der Waals surface area contributed by atoms with E-state index in [4.69, 9.17) is 5.73 Å². The number of halogens is 1. The van der Waals surface area contributed by atoms with E-state index in [1.807, 2.05) is 0 Å². The van der Waals surface area contributed by atoms with Crippen LogP contribution < -0.4 is 5.73 Å². The number of likely N-dealkylation sites (tertiary alicyclic amines) is 1. The van der Waals surface area contributed by atoms with Crippen molar-refractivity contribution in [2.45, 2.75) is 25.3 Å². The molecule has 2 aliphatic rings. The highest BCUT2D eigenvalue weighted by Gasteiger charge is 2.38. The first-order valence-electron chi connectivity index (χ1n) is 5.48. The minimum Gasteiger partial charge on any atom is -0.327 e. The average Bonchev–Trinajstić information content (AvgIpc) is 2.47. The van der Waals surface area contributed by atoms with Crippen molar-refractivity contribution in [3.63, 3.8) is 0 Å². The van der Waals surface area contributed by atoms with Crippen LogP contribution in [0.2, 0.25) is 0 Å². The second kappa shape index (κ2) is 4.33. The van der Waals surface area contributed by atoms with E-state index in [2.05, 4.69) is 27.4 Å². The van der Waals surface area contributed by atoms with E-state index in [0.717, 1.165) is 22.9 Å². The number of rotatable bonds is 2. The molecule has 1 aliphatic carbocycles. The van der Waals surface area contributed by atoms with Crippen molar-refractivity contribution in [1.29, 1.82) is 0 Å². The van der Waals surface area contributed by atoms with Crippen LogP contribution in [-0.2, 0) is 0 Å². The molecule has 0 aromatic heterocycles. The van der Waals surface area contributed by atoms with E-state index in [9.17, 15) is 0 Å². The third-order valence-corrected chi connectivity index (χ3v) is 3.88. The van der Waals surface area contributed by atoms with Crippen LogP contribution >= 0.6 is 15.9 Å². The van der Waals surface area contributed by atoms with E-state index in [-0.39, 0.29) is 0 Å². The largest absolute Gasteiger partial charge is 0.327 e. The van der Waals surface area contributed by atoms with E-state index in [1.54, 1.807) is 0 Å². The molecule has 2 N–H and O–H groups in total. The van der Waals surface area contributed by atoms with E-state index in [1.165, 1.54) is 32.4 Å². The maximum Gasteiger partial charge on any atom is 0.0294 e. The third-order valence-electron chi connectivity index (χ3n) is 3.62. The van der Waals surface area contributed by atoms with Gasteiger partial charge < -0.3 is 5.73 Å². The summed E-state index contributed by atoms with van der Waals surface area (Å²) < 4.78 is 1.09. The molecule has 2 rings (SSSR count). The second-order valence-electron chi connectivity index (χ2n) is 4.73. The van der Waals surface area contributed by atoms with Gasteiger partial charge in [0, 0.05) is 30.2 Å². The van der Waals surface area contributed by atoms with Gasteiger partial charge in [0.05, 0.1) is 0 Å². The fourth-order valence-corrected chi connectivity index (χ4v) is 3.34. The van der Waals surface area contributed by atoms with Crippen molar-refractivity contribution < 1.29 is 0 Å². The molecular formula is C11H19BrN2. The minimum absolute atomic E-state index is 0.447. The zero-order chi connectivity index (χ0) is 10.1. The summed E-state index contributed by atoms with van der Waals surface area (Å²) in [5, 5.41) is 0. The molecule has 2 nitrogen and oxygen atoms in total. The van der Waals surface area contributed by atoms with Gasteiger partial charge in [-0.05, 0) is 24.7 Å². The number of hydrogen-bond acceptors (Lipinski definition) is 2. The van der Waals surface area contributed by atoms with Crippen molar-refractivity contribution in [2.75, 3.05) is 19.6 Å². The summed E-state index contributed by atoms with van der Waals surface area (Å²) in [6, 6.07) is 0.447. The Kier molecular flexibility index (Phi) is 3.30. The lowest BCUT2D eigenvalue weighted by atomic mass is 9.78. The predicted molar refractivity (Wildman–Crippen MR) is 63.3 cm³/mol. The lowest BCUT2D eigenvalue weighted by Gasteiger charge is -2.29. The average molecular weight is 259 g/mol. The molecule has 1 aliphatic heterocycles. The van der Waals surface area contributed by atoms with Gasteiger partial charge >= 0.3 is 0 Å². The van der Waals surface area contributed by atoms with Crippen LogP contribution in [0.4, 0.5) is 0 Å². The molecule has 1 heterocycles. The summed E-state index contributed by atoms with van der Waals surface area (Å²) >= 11 is 3.43. The zero-order valence-electron chi connectivity index (χ0n) is 8.58. The molecule has 0 amide bonds. The summed E-state index contributed by atoms with van der Waals surface area (Å²) in [6.45, 7) is 7.29. The van der Waals surface area contributed by atoms with Crippen LogP contribution in [0.5, 0.6) is 0 Å². The van der Waals surface area contributed by atoms with Gasteiger partial charge in [0.1, 0.15) is 0 Å². The molecule has 0 bridgehead atoms. The Balaban J connectivity index is 1.93. The molecule has 3 heteroatoms. The Hall–Kier alpha value is 0.140. The van der Waals surface area contributed by atoms with Crippen LogP contribution in [0.15, 0.2) is 11.1 Å². The topological polar surface area (TPSA) is 29.3 Å². The lowest BCUT2D eigenvalue weighted by Crippen LogP contribution is -2.38. The second-order valence-corrected chi connectivity index (χ2v) is 5.85. The van der Waals surface area contributed by atoms with Crippen molar-refractivity contribution in [3.8, 4) is 0 Å². The van der Waals surface area contributed by atoms with E-state index < -0.39 is 0 Å². The summed E-state index contributed by atoms with van der Waals surface area (Å²) in [5.41, 5.74) is 6.15. The number of nitrogens with two attached hydrogens (primary N) is 1. The fourth-order valence-electron chi connectivity index (χ4n) is 2.98. The molecule has 1 saturated heterocycles. The van der Waals surface area contributed by atoms with Crippen molar-refractivity contribution >= 4 is 15.9 Å². The SMILES string of the molecule is C=C(Br)CN1CC2CCCC(N)C2C1. The minimum atomic E-state index is 0.447. The normalized spacial score (nSPS) is 38.3. The first kappa shape index (κ1) is 10.7. The molecule has 2 fully saturated rings. The predicted octanol–water partition coefficient (Wildman–Crippen LogP) is 1.95. The first-order chi connectivity index (χ1) is 6.66. The van der Waals surface area contributed by atoms with Gasteiger partial charge in [-0.2, -0.15) is 0 Å². The standard InChI is InChI=1S/C11H19BrN2/c1-8(12)5-14-6-9-3-2-4-11(13)10(9)7-14/h9-11H,1-7,13H2. The molecule has 14 heavy (non-hydrogen) atoms. The Labute approximate surface area is 94.7 Å². The summed E-state index contributed by atoms with van der Waals surface area (Å²) in [7, 11) is 0. The molecule has 3 unspecified atom stereocenters. The van der Waals surface area contributed by atoms with Gasteiger partial charge in [-0.15, -0.1) is 0 Å². The zero-order valence-corrected chi connectivity index (χ0v) is 10.2. The van der Waals surface area contributed by atoms with Gasteiger partial charge in [-0.1, -0.05) is 28.9 Å². The number of hydrogen-bond donors (Lipinski definition) is 1. The van der Waals surface area contributed by atoms with Gasteiger partial charge in [0.25, 0.3) is 0 Å². The van der Waals surface area contributed by atoms with Gasteiger partial charge in [0.15, 0.2) is 0 Å². The highest BCUT2D eigenvalue weighted by atomic mass is 79.9. The third kappa shape index (κ3) is 2.20. The van der Waals surface area contributed by atoms with Crippen molar-refractivity contribution in [3.05, 3.63) is 11.1 Å². The van der Waals surface area contributed by atoms with Crippen molar-refractivity contribution in [2.24, 2.45) is 17.6 Å². The Bertz CT molecular complexity index is 229. The molecule has 0 aromatic carbocycles. The first-order valence-corrected chi connectivity index (χ1v) is 6.27. The van der Waals surface area contributed by atoms with Gasteiger partial charge in [-0.3, -0.25) is 4.90 Å². The summed E-state index contributed by atoms with van der Waals surface area (Å²) in [5.74, 6) is 1.60. The van der Waals surface area contributed by atoms with Crippen molar-refractivity contribution in [1.82, 2.24) is 4.90 Å². The molecule has 3 atom stereocenters. The molecule has 1 saturated carbocycles. The lowest BCUT2D eigenvalue weighted by molar-refractivity contribution is 0.259. The molecule has 0 radical (unpaired) electrons. The molecule has 0 aromatic rings. The van der Waals surface area contributed by atoms with Crippen LogP contribution in [-0.4, -0.2) is 30.6 Å². The smallest absolute Gasteiger partial charge is 0.0294 e. The molecule has 80 valence electrons. The van der Waals surface area contributed by atoms with Crippen LogP contribution in [0, 0.1) is 11.8 Å². The maximum atomic E-state index is 6.15. The molecule has 0 spiro atoms. The van der Waals surface area contributed by atoms with Crippen LogP contribution in [0.25, 0.3) is 0 Å².